The zero-order valence-electron chi connectivity index (χ0n) is 20.2. The summed E-state index contributed by atoms with van der Waals surface area (Å²) in [5.41, 5.74) is -1.42. The monoisotopic (exact) mass is 442 g/mol. The van der Waals surface area contributed by atoms with Crippen molar-refractivity contribution in [3.63, 3.8) is 0 Å². The molecule has 0 aliphatic rings. The average molecular weight is 443 g/mol. The zero-order valence-corrected chi connectivity index (χ0v) is 20.2. The molecule has 0 amide bonds. The van der Waals surface area contributed by atoms with Crippen LogP contribution in [0.4, 0.5) is 0 Å². The lowest BCUT2D eigenvalue weighted by molar-refractivity contribution is -0.165. The minimum Gasteiger partial charge on any atom is -0.481 e. The normalized spacial score (nSPS) is 11.3. The molecular formula is C25H46O6. The van der Waals surface area contributed by atoms with Gasteiger partial charge in [-0.25, -0.2) is 0 Å². The minimum atomic E-state index is -1.42. The molecule has 0 saturated heterocycles. The molecule has 0 aromatic rings. The lowest BCUT2D eigenvalue weighted by atomic mass is 9.93. The summed E-state index contributed by atoms with van der Waals surface area (Å²) in [7, 11) is 0. The van der Waals surface area contributed by atoms with Gasteiger partial charge in [-0.2, -0.15) is 0 Å². The van der Waals surface area contributed by atoms with Crippen molar-refractivity contribution in [2.75, 3.05) is 13.2 Å². The second kappa shape index (κ2) is 19.1. The molecule has 1 N–H and O–H groups in total. The maximum absolute atomic E-state index is 11.9. The lowest BCUT2D eigenvalue weighted by Crippen LogP contribution is -2.39. The van der Waals surface area contributed by atoms with E-state index in [4.69, 9.17) is 9.47 Å². The summed E-state index contributed by atoms with van der Waals surface area (Å²) in [6.07, 6.45) is 16.0. The van der Waals surface area contributed by atoms with Gasteiger partial charge in [0.25, 0.3) is 0 Å². The highest BCUT2D eigenvalue weighted by molar-refractivity contribution is 5.76. The molecule has 0 spiro atoms. The first-order valence-corrected chi connectivity index (χ1v) is 12.4. The number of unbranched alkanes of at least 4 members (excludes halogenated alkanes) is 12. The highest BCUT2D eigenvalue weighted by Crippen LogP contribution is 2.20. The van der Waals surface area contributed by atoms with Crippen LogP contribution < -0.4 is 0 Å². The van der Waals surface area contributed by atoms with E-state index in [9.17, 15) is 19.5 Å². The third kappa shape index (κ3) is 16.7. The Hall–Kier alpha value is -1.59. The molecule has 0 atom stereocenters. The fourth-order valence-electron chi connectivity index (χ4n) is 3.24. The molecule has 0 aromatic heterocycles. The SMILES string of the molecule is CCCCCCCCCC(=O)OCC(C)(COC(=O)CCCCCCCCC)C(=O)O. The van der Waals surface area contributed by atoms with Gasteiger partial charge < -0.3 is 14.6 Å². The van der Waals surface area contributed by atoms with Crippen LogP contribution in [0.3, 0.4) is 0 Å². The van der Waals surface area contributed by atoms with Gasteiger partial charge in [0.15, 0.2) is 0 Å². The summed E-state index contributed by atoms with van der Waals surface area (Å²) in [6.45, 7) is 5.22. The largest absolute Gasteiger partial charge is 0.481 e. The molecule has 31 heavy (non-hydrogen) atoms. The van der Waals surface area contributed by atoms with E-state index in [1.165, 1.54) is 58.3 Å². The number of carbonyl (C=O) groups is 3. The number of rotatable bonds is 21. The summed E-state index contributed by atoms with van der Waals surface area (Å²) in [6, 6.07) is 0. The summed E-state index contributed by atoms with van der Waals surface area (Å²) in [4.78, 5) is 35.5. The van der Waals surface area contributed by atoms with Gasteiger partial charge in [0, 0.05) is 12.8 Å². The molecule has 0 rings (SSSR count). The van der Waals surface area contributed by atoms with E-state index in [0.717, 1.165) is 38.5 Å². The van der Waals surface area contributed by atoms with E-state index in [2.05, 4.69) is 13.8 Å². The van der Waals surface area contributed by atoms with Crippen LogP contribution in [0, 0.1) is 5.41 Å². The van der Waals surface area contributed by atoms with Crippen molar-refractivity contribution in [2.24, 2.45) is 5.41 Å². The van der Waals surface area contributed by atoms with Crippen LogP contribution in [0.2, 0.25) is 0 Å². The van der Waals surface area contributed by atoms with E-state index >= 15 is 0 Å². The first-order chi connectivity index (χ1) is 14.9. The average Bonchev–Trinajstić information content (AvgIpc) is 2.75. The number of aliphatic carboxylic acids is 1. The van der Waals surface area contributed by atoms with Crippen LogP contribution in [0.5, 0.6) is 0 Å². The van der Waals surface area contributed by atoms with Crippen LogP contribution in [0.1, 0.15) is 124 Å². The van der Waals surface area contributed by atoms with E-state index in [-0.39, 0.29) is 13.2 Å². The fourth-order valence-corrected chi connectivity index (χ4v) is 3.24. The highest BCUT2D eigenvalue weighted by atomic mass is 16.6. The predicted octanol–water partition coefficient (Wildman–Crippen LogP) is 6.45. The van der Waals surface area contributed by atoms with Crippen LogP contribution in [0.25, 0.3) is 0 Å². The molecule has 6 heteroatoms. The Labute approximate surface area is 189 Å². The summed E-state index contributed by atoms with van der Waals surface area (Å²) >= 11 is 0. The van der Waals surface area contributed by atoms with Crippen molar-refractivity contribution in [3.8, 4) is 0 Å². The van der Waals surface area contributed by atoms with Crippen molar-refractivity contribution < 1.29 is 29.0 Å². The highest BCUT2D eigenvalue weighted by Gasteiger charge is 2.36. The van der Waals surface area contributed by atoms with Gasteiger partial charge >= 0.3 is 17.9 Å². The van der Waals surface area contributed by atoms with Gasteiger partial charge in [-0.15, -0.1) is 0 Å². The van der Waals surface area contributed by atoms with Crippen molar-refractivity contribution in [3.05, 3.63) is 0 Å². The van der Waals surface area contributed by atoms with Gasteiger partial charge in [-0.1, -0.05) is 90.9 Å². The molecule has 0 aliphatic heterocycles. The molecule has 0 aromatic carbocycles. The van der Waals surface area contributed by atoms with Gasteiger partial charge in [0.1, 0.15) is 18.6 Å². The molecule has 0 heterocycles. The number of carboxylic acid groups (broad SMARTS) is 1. The number of hydrogen-bond acceptors (Lipinski definition) is 5. The number of esters is 2. The molecule has 0 unspecified atom stereocenters. The van der Waals surface area contributed by atoms with Crippen molar-refractivity contribution in [1.29, 1.82) is 0 Å². The Morgan fingerprint density at radius 2 is 0.935 bits per heavy atom. The van der Waals surface area contributed by atoms with E-state index in [1.54, 1.807) is 0 Å². The Bertz CT molecular complexity index is 454. The summed E-state index contributed by atoms with van der Waals surface area (Å²) in [5.74, 6) is -1.93. The van der Waals surface area contributed by atoms with Crippen LogP contribution in [-0.2, 0) is 23.9 Å². The van der Waals surface area contributed by atoms with Gasteiger partial charge in [0.05, 0.1) is 0 Å². The lowest BCUT2D eigenvalue weighted by Gasteiger charge is -2.24. The predicted molar refractivity (Wildman–Crippen MR) is 123 cm³/mol. The molecule has 0 aliphatic carbocycles. The number of carboxylic acids is 1. The van der Waals surface area contributed by atoms with Crippen LogP contribution in [0.15, 0.2) is 0 Å². The first-order valence-electron chi connectivity index (χ1n) is 12.4. The third-order valence-corrected chi connectivity index (χ3v) is 5.59. The molecule has 0 fully saturated rings. The summed E-state index contributed by atoms with van der Waals surface area (Å²) in [5, 5.41) is 9.51. The van der Waals surface area contributed by atoms with Gasteiger partial charge in [-0.3, -0.25) is 14.4 Å². The second-order valence-corrected chi connectivity index (χ2v) is 8.93. The van der Waals surface area contributed by atoms with E-state index in [0.29, 0.717) is 12.8 Å². The molecule has 0 bridgehead atoms. The molecule has 6 nitrogen and oxygen atoms in total. The zero-order chi connectivity index (χ0) is 23.4. The Kier molecular flexibility index (Phi) is 18.1. The van der Waals surface area contributed by atoms with Crippen LogP contribution >= 0.6 is 0 Å². The molecule has 182 valence electrons. The molecule has 0 radical (unpaired) electrons. The Morgan fingerprint density at radius 1 is 0.613 bits per heavy atom. The topological polar surface area (TPSA) is 89.9 Å². The van der Waals surface area contributed by atoms with Gasteiger partial charge in [-0.05, 0) is 19.8 Å². The second-order valence-electron chi connectivity index (χ2n) is 8.93. The van der Waals surface area contributed by atoms with E-state index in [1.807, 2.05) is 0 Å². The van der Waals surface area contributed by atoms with Crippen molar-refractivity contribution in [1.82, 2.24) is 0 Å². The van der Waals surface area contributed by atoms with Crippen LogP contribution in [-0.4, -0.2) is 36.2 Å². The third-order valence-electron chi connectivity index (χ3n) is 5.59. The quantitative estimate of drug-likeness (QED) is 0.162. The van der Waals surface area contributed by atoms with Crippen molar-refractivity contribution in [2.45, 2.75) is 124 Å². The Morgan fingerprint density at radius 3 is 1.26 bits per heavy atom. The maximum atomic E-state index is 11.9. The Balaban J connectivity index is 4.02. The number of hydrogen-bond donors (Lipinski definition) is 1. The standard InChI is InChI=1S/C25H46O6/c1-4-6-8-10-12-14-16-18-22(26)30-20-25(3,24(28)29)21-31-23(27)19-17-15-13-11-9-7-5-2/h4-21H2,1-3H3,(H,28,29). The molecule has 0 saturated carbocycles. The van der Waals surface area contributed by atoms with Crippen molar-refractivity contribution >= 4 is 17.9 Å². The molecular weight excluding hydrogens is 396 g/mol. The first kappa shape index (κ1) is 29.4. The number of carbonyl (C=O) groups excluding carboxylic acids is 2. The van der Waals surface area contributed by atoms with Gasteiger partial charge in [0.2, 0.25) is 0 Å². The maximum Gasteiger partial charge on any atom is 0.316 e. The fraction of sp³-hybridized carbons (Fsp3) is 0.880. The number of ether oxygens (including phenoxy) is 2. The van der Waals surface area contributed by atoms with E-state index < -0.39 is 23.3 Å². The minimum absolute atomic E-state index is 0.289. The summed E-state index contributed by atoms with van der Waals surface area (Å²) < 4.78 is 10.4. The smallest absolute Gasteiger partial charge is 0.316 e.